The van der Waals surface area contributed by atoms with Gasteiger partial charge in [-0.1, -0.05) is 60.1 Å². The molecule has 3 aromatic rings. The van der Waals surface area contributed by atoms with Gasteiger partial charge in [0, 0.05) is 17.6 Å². The van der Waals surface area contributed by atoms with Gasteiger partial charge in [-0.3, -0.25) is 9.59 Å². The van der Waals surface area contributed by atoms with Gasteiger partial charge in [0.15, 0.2) is 0 Å². The Bertz CT molecular complexity index is 939. The summed E-state index contributed by atoms with van der Waals surface area (Å²) < 4.78 is 1.28. The first-order valence-electron chi connectivity index (χ1n) is 7.77. The lowest BCUT2D eigenvalue weighted by molar-refractivity contribution is 0.0943. The summed E-state index contributed by atoms with van der Waals surface area (Å²) in [5.41, 5.74) is 1.68. The number of hydrogen-bond donors (Lipinski definition) is 1. The number of nitrogens with zero attached hydrogens (tertiary/aromatic N) is 2. The van der Waals surface area contributed by atoms with Gasteiger partial charge in [0.1, 0.15) is 5.69 Å². The van der Waals surface area contributed by atoms with Gasteiger partial charge >= 0.3 is 0 Å². The van der Waals surface area contributed by atoms with Gasteiger partial charge in [0.2, 0.25) is 0 Å². The Hall–Kier alpha value is -2.92. The van der Waals surface area contributed by atoms with E-state index < -0.39 is 0 Å². The second-order valence-corrected chi connectivity index (χ2v) is 5.88. The summed E-state index contributed by atoms with van der Waals surface area (Å²) in [7, 11) is 0. The minimum absolute atomic E-state index is 0.183. The molecule has 0 radical (unpaired) electrons. The standard InChI is InChI=1S/C19H16ClN3O2/c20-16-9-5-4-8-15(16)12-21-19(25)17-10-11-18(24)23(22-17)13-14-6-2-1-3-7-14/h1-11H,12-13H2,(H,21,25). The lowest BCUT2D eigenvalue weighted by Gasteiger charge is -2.09. The predicted molar refractivity (Wildman–Crippen MR) is 96.7 cm³/mol. The Labute approximate surface area is 149 Å². The Balaban J connectivity index is 1.74. The van der Waals surface area contributed by atoms with Crippen LogP contribution in [0.2, 0.25) is 5.02 Å². The molecule has 2 aromatic carbocycles. The van der Waals surface area contributed by atoms with E-state index in [1.807, 2.05) is 48.5 Å². The first-order valence-corrected chi connectivity index (χ1v) is 8.15. The maximum Gasteiger partial charge on any atom is 0.271 e. The second-order valence-electron chi connectivity index (χ2n) is 5.47. The normalized spacial score (nSPS) is 10.4. The van der Waals surface area contributed by atoms with Gasteiger partial charge < -0.3 is 5.32 Å². The molecule has 1 aromatic heterocycles. The highest BCUT2D eigenvalue weighted by atomic mass is 35.5. The van der Waals surface area contributed by atoms with Crippen molar-refractivity contribution in [3.8, 4) is 0 Å². The Kier molecular flexibility index (Phi) is 5.26. The zero-order valence-electron chi connectivity index (χ0n) is 13.4. The van der Waals surface area contributed by atoms with Crippen molar-refractivity contribution in [1.29, 1.82) is 0 Å². The summed E-state index contributed by atoms with van der Waals surface area (Å²) in [6.07, 6.45) is 0. The number of hydrogen-bond acceptors (Lipinski definition) is 3. The number of benzene rings is 2. The third kappa shape index (κ3) is 4.33. The number of amides is 1. The smallest absolute Gasteiger partial charge is 0.271 e. The number of carbonyl (C=O) groups is 1. The molecular weight excluding hydrogens is 338 g/mol. The molecular formula is C19H16ClN3O2. The maximum atomic E-state index is 12.3. The van der Waals surface area contributed by atoms with E-state index in [2.05, 4.69) is 10.4 Å². The number of rotatable bonds is 5. The van der Waals surface area contributed by atoms with Crippen LogP contribution in [0.1, 0.15) is 21.6 Å². The van der Waals surface area contributed by atoms with Crippen LogP contribution in [0.25, 0.3) is 0 Å². The molecule has 0 aliphatic rings. The van der Waals surface area contributed by atoms with E-state index in [1.165, 1.54) is 16.8 Å². The lowest BCUT2D eigenvalue weighted by atomic mass is 10.2. The molecule has 0 fully saturated rings. The Morgan fingerprint density at radius 1 is 1.00 bits per heavy atom. The average molecular weight is 354 g/mol. The molecule has 126 valence electrons. The van der Waals surface area contributed by atoms with E-state index in [4.69, 9.17) is 11.6 Å². The molecule has 5 nitrogen and oxygen atoms in total. The Morgan fingerprint density at radius 3 is 2.48 bits per heavy atom. The van der Waals surface area contributed by atoms with Gasteiger partial charge in [-0.25, -0.2) is 4.68 Å². The molecule has 0 aliphatic carbocycles. The summed E-state index contributed by atoms with van der Waals surface area (Å²) in [6.45, 7) is 0.601. The molecule has 0 spiro atoms. The van der Waals surface area contributed by atoms with Crippen molar-refractivity contribution in [2.45, 2.75) is 13.1 Å². The predicted octanol–water partition coefficient (Wildman–Crippen LogP) is 2.88. The third-order valence-electron chi connectivity index (χ3n) is 3.67. The van der Waals surface area contributed by atoms with Crippen molar-refractivity contribution in [2.75, 3.05) is 0 Å². The summed E-state index contributed by atoms with van der Waals surface area (Å²) >= 11 is 6.08. The molecule has 0 atom stereocenters. The van der Waals surface area contributed by atoms with Crippen LogP contribution in [0.5, 0.6) is 0 Å². The van der Waals surface area contributed by atoms with Crippen molar-refractivity contribution in [1.82, 2.24) is 15.1 Å². The molecule has 0 aliphatic heterocycles. The molecule has 0 unspecified atom stereocenters. The highest BCUT2D eigenvalue weighted by Crippen LogP contribution is 2.14. The highest BCUT2D eigenvalue weighted by Gasteiger charge is 2.10. The molecule has 6 heteroatoms. The van der Waals surface area contributed by atoms with Crippen LogP contribution < -0.4 is 10.9 Å². The number of halogens is 1. The van der Waals surface area contributed by atoms with Gasteiger partial charge in [0.05, 0.1) is 6.54 Å². The average Bonchev–Trinajstić information content (AvgIpc) is 2.63. The third-order valence-corrected chi connectivity index (χ3v) is 4.04. The fraction of sp³-hybridized carbons (Fsp3) is 0.105. The van der Waals surface area contributed by atoms with Crippen molar-refractivity contribution >= 4 is 17.5 Å². The molecule has 0 bridgehead atoms. The molecule has 0 saturated heterocycles. The topological polar surface area (TPSA) is 64.0 Å². The van der Waals surface area contributed by atoms with Crippen LogP contribution in [-0.4, -0.2) is 15.7 Å². The lowest BCUT2D eigenvalue weighted by Crippen LogP contribution is -2.29. The summed E-state index contributed by atoms with van der Waals surface area (Å²) in [5, 5.41) is 7.51. The fourth-order valence-electron chi connectivity index (χ4n) is 2.35. The number of aromatic nitrogens is 2. The Morgan fingerprint density at radius 2 is 1.72 bits per heavy atom. The van der Waals surface area contributed by atoms with Gasteiger partial charge in [-0.05, 0) is 23.3 Å². The van der Waals surface area contributed by atoms with Crippen molar-refractivity contribution in [3.63, 3.8) is 0 Å². The molecule has 25 heavy (non-hydrogen) atoms. The van der Waals surface area contributed by atoms with Crippen molar-refractivity contribution in [3.05, 3.63) is 98.9 Å². The molecule has 0 saturated carbocycles. The van der Waals surface area contributed by atoms with E-state index in [-0.39, 0.29) is 23.7 Å². The van der Waals surface area contributed by atoms with Crippen LogP contribution in [-0.2, 0) is 13.1 Å². The molecule has 1 amide bonds. The van der Waals surface area contributed by atoms with Gasteiger partial charge in [0.25, 0.3) is 11.5 Å². The monoisotopic (exact) mass is 353 g/mol. The zero-order valence-corrected chi connectivity index (χ0v) is 14.1. The summed E-state index contributed by atoms with van der Waals surface area (Å²) in [6, 6.07) is 19.5. The van der Waals surface area contributed by atoms with Crippen molar-refractivity contribution < 1.29 is 4.79 Å². The first kappa shape index (κ1) is 16.9. The quantitative estimate of drug-likeness (QED) is 0.767. The number of carbonyl (C=O) groups excluding carboxylic acids is 1. The minimum atomic E-state index is -0.360. The summed E-state index contributed by atoms with van der Waals surface area (Å²) in [4.78, 5) is 24.3. The van der Waals surface area contributed by atoms with Gasteiger partial charge in [-0.2, -0.15) is 5.10 Å². The second kappa shape index (κ2) is 7.77. The van der Waals surface area contributed by atoms with Crippen molar-refractivity contribution in [2.24, 2.45) is 0 Å². The maximum absolute atomic E-state index is 12.3. The van der Waals surface area contributed by atoms with E-state index in [9.17, 15) is 9.59 Å². The van der Waals surface area contributed by atoms with Crippen LogP contribution in [0.15, 0.2) is 71.5 Å². The summed E-state index contributed by atoms with van der Waals surface area (Å²) in [5.74, 6) is -0.360. The molecule has 1 N–H and O–H groups in total. The van der Waals surface area contributed by atoms with Crippen LogP contribution >= 0.6 is 11.6 Å². The minimum Gasteiger partial charge on any atom is -0.347 e. The van der Waals surface area contributed by atoms with Crippen LogP contribution in [0.3, 0.4) is 0 Å². The van der Waals surface area contributed by atoms with E-state index in [1.54, 1.807) is 6.07 Å². The molecule has 3 rings (SSSR count). The number of nitrogens with one attached hydrogen (secondary N) is 1. The fourth-order valence-corrected chi connectivity index (χ4v) is 2.55. The van der Waals surface area contributed by atoms with Crippen LogP contribution in [0.4, 0.5) is 0 Å². The highest BCUT2D eigenvalue weighted by molar-refractivity contribution is 6.31. The van der Waals surface area contributed by atoms with E-state index in [0.717, 1.165) is 11.1 Å². The first-order chi connectivity index (χ1) is 12.1. The molecule has 1 heterocycles. The van der Waals surface area contributed by atoms with E-state index in [0.29, 0.717) is 11.6 Å². The van der Waals surface area contributed by atoms with E-state index >= 15 is 0 Å². The largest absolute Gasteiger partial charge is 0.347 e. The zero-order chi connectivity index (χ0) is 17.6. The van der Waals surface area contributed by atoms with Crippen LogP contribution in [0, 0.1) is 0 Å². The SMILES string of the molecule is O=C(NCc1ccccc1Cl)c1ccc(=O)n(Cc2ccccc2)n1. The van der Waals surface area contributed by atoms with Gasteiger partial charge in [-0.15, -0.1) is 0 Å².